The van der Waals surface area contributed by atoms with Crippen LogP contribution in [0.5, 0.6) is 11.5 Å². The number of benzene rings is 2. The van der Waals surface area contributed by atoms with Crippen LogP contribution >= 0.6 is 0 Å². The van der Waals surface area contributed by atoms with Gasteiger partial charge in [-0.2, -0.15) is 0 Å². The maximum Gasteiger partial charge on any atom is 0.225 e. The third kappa shape index (κ3) is 4.82. The number of ether oxygens (including phenoxy) is 2. The van der Waals surface area contributed by atoms with E-state index in [4.69, 9.17) is 9.47 Å². The molecule has 0 bridgehead atoms. The highest BCUT2D eigenvalue weighted by Crippen LogP contribution is 2.33. The standard InChI is InChI=1S/C22H28N2O4/c1-27-18-8-9-19(20(16-18)28-2)23-21(25)10-13-24-14-11-22(26,12-15-24)17-6-4-3-5-7-17/h3-9,16,26H,10-15H2,1-2H3,(H,23,25). The highest BCUT2D eigenvalue weighted by molar-refractivity contribution is 5.92. The van der Waals surface area contributed by atoms with E-state index in [1.54, 1.807) is 32.4 Å². The van der Waals surface area contributed by atoms with Gasteiger partial charge in [0.1, 0.15) is 11.5 Å². The Bertz CT molecular complexity index is 786. The van der Waals surface area contributed by atoms with Crippen molar-refractivity contribution in [3.05, 3.63) is 54.1 Å². The minimum Gasteiger partial charge on any atom is -0.497 e. The summed E-state index contributed by atoms with van der Waals surface area (Å²) in [6, 6.07) is 15.1. The van der Waals surface area contributed by atoms with E-state index in [1.165, 1.54) is 0 Å². The first kappa shape index (κ1) is 20.2. The summed E-state index contributed by atoms with van der Waals surface area (Å²) in [4.78, 5) is 14.6. The maximum absolute atomic E-state index is 12.4. The van der Waals surface area contributed by atoms with Crippen LogP contribution in [-0.2, 0) is 10.4 Å². The molecule has 28 heavy (non-hydrogen) atoms. The van der Waals surface area contributed by atoms with Gasteiger partial charge in [0.05, 0.1) is 25.5 Å². The SMILES string of the molecule is COc1ccc(NC(=O)CCN2CCC(O)(c3ccccc3)CC2)c(OC)c1. The minimum atomic E-state index is -0.767. The lowest BCUT2D eigenvalue weighted by molar-refractivity contribution is -0.116. The molecule has 1 heterocycles. The first-order valence-electron chi connectivity index (χ1n) is 9.56. The van der Waals surface area contributed by atoms with Gasteiger partial charge in [-0.15, -0.1) is 0 Å². The van der Waals surface area contributed by atoms with E-state index in [-0.39, 0.29) is 5.91 Å². The number of aliphatic hydroxyl groups is 1. The molecule has 1 fully saturated rings. The number of rotatable bonds is 7. The van der Waals surface area contributed by atoms with Crippen molar-refractivity contribution in [3.63, 3.8) is 0 Å². The molecule has 0 aromatic heterocycles. The third-order valence-electron chi connectivity index (χ3n) is 5.33. The van der Waals surface area contributed by atoms with Gasteiger partial charge in [-0.25, -0.2) is 0 Å². The van der Waals surface area contributed by atoms with E-state index < -0.39 is 5.60 Å². The molecular formula is C22H28N2O4. The second-order valence-corrected chi connectivity index (χ2v) is 7.10. The van der Waals surface area contributed by atoms with Crippen molar-refractivity contribution in [3.8, 4) is 11.5 Å². The van der Waals surface area contributed by atoms with E-state index >= 15 is 0 Å². The van der Waals surface area contributed by atoms with Crippen molar-refractivity contribution >= 4 is 11.6 Å². The molecule has 1 amide bonds. The Balaban J connectivity index is 1.48. The Hall–Kier alpha value is -2.57. The van der Waals surface area contributed by atoms with Gasteiger partial charge in [0.2, 0.25) is 5.91 Å². The van der Waals surface area contributed by atoms with Crippen molar-refractivity contribution in [2.75, 3.05) is 39.2 Å². The van der Waals surface area contributed by atoms with Gasteiger partial charge in [-0.1, -0.05) is 30.3 Å². The molecule has 150 valence electrons. The van der Waals surface area contributed by atoms with Gasteiger partial charge in [-0.05, 0) is 30.5 Å². The normalized spacial score (nSPS) is 16.4. The number of hydrogen-bond donors (Lipinski definition) is 2. The fourth-order valence-electron chi connectivity index (χ4n) is 3.56. The fraction of sp³-hybridized carbons (Fsp3) is 0.409. The predicted octanol–water partition coefficient (Wildman–Crippen LogP) is 3.02. The summed E-state index contributed by atoms with van der Waals surface area (Å²) >= 11 is 0. The highest BCUT2D eigenvalue weighted by Gasteiger charge is 2.33. The Labute approximate surface area is 166 Å². The van der Waals surface area contributed by atoms with Crippen LogP contribution in [0, 0.1) is 0 Å². The quantitative estimate of drug-likeness (QED) is 0.768. The summed E-state index contributed by atoms with van der Waals surface area (Å²) in [7, 11) is 3.15. The molecule has 0 spiro atoms. The fourth-order valence-corrected chi connectivity index (χ4v) is 3.56. The summed E-state index contributed by atoms with van der Waals surface area (Å²) in [6.07, 6.45) is 1.73. The van der Waals surface area contributed by atoms with E-state index in [9.17, 15) is 9.90 Å². The summed E-state index contributed by atoms with van der Waals surface area (Å²) in [5.41, 5.74) is 0.834. The van der Waals surface area contributed by atoms with Crippen molar-refractivity contribution in [1.29, 1.82) is 0 Å². The molecule has 0 unspecified atom stereocenters. The van der Waals surface area contributed by atoms with Crippen molar-refractivity contribution < 1.29 is 19.4 Å². The zero-order valence-electron chi connectivity index (χ0n) is 16.5. The number of carbonyl (C=O) groups is 1. The topological polar surface area (TPSA) is 71.0 Å². The Kier molecular flexibility index (Phi) is 6.54. The van der Waals surface area contributed by atoms with Crippen LogP contribution in [0.2, 0.25) is 0 Å². The minimum absolute atomic E-state index is 0.0626. The second kappa shape index (κ2) is 9.08. The molecule has 6 heteroatoms. The number of hydrogen-bond acceptors (Lipinski definition) is 5. The molecule has 0 aliphatic carbocycles. The van der Waals surface area contributed by atoms with Gasteiger partial charge < -0.3 is 24.8 Å². The Morgan fingerprint density at radius 2 is 1.82 bits per heavy atom. The van der Waals surface area contributed by atoms with Crippen LogP contribution in [0.25, 0.3) is 0 Å². The van der Waals surface area contributed by atoms with Gasteiger partial charge in [0.25, 0.3) is 0 Å². The number of amides is 1. The maximum atomic E-state index is 12.4. The van der Waals surface area contributed by atoms with Crippen LogP contribution in [0.15, 0.2) is 48.5 Å². The number of methoxy groups -OCH3 is 2. The van der Waals surface area contributed by atoms with Crippen LogP contribution in [0.4, 0.5) is 5.69 Å². The molecule has 1 aliphatic heterocycles. The van der Waals surface area contributed by atoms with E-state index in [1.807, 2.05) is 30.3 Å². The molecule has 0 radical (unpaired) electrons. The molecule has 3 rings (SSSR count). The Morgan fingerprint density at radius 3 is 2.46 bits per heavy atom. The number of anilines is 1. The lowest BCUT2D eigenvalue weighted by atomic mass is 9.84. The average Bonchev–Trinajstić information content (AvgIpc) is 2.74. The predicted molar refractivity (Wildman–Crippen MR) is 109 cm³/mol. The lowest BCUT2D eigenvalue weighted by Crippen LogP contribution is -2.43. The zero-order valence-corrected chi connectivity index (χ0v) is 16.5. The largest absolute Gasteiger partial charge is 0.497 e. The van der Waals surface area contributed by atoms with Crippen molar-refractivity contribution in [2.24, 2.45) is 0 Å². The average molecular weight is 384 g/mol. The summed E-state index contributed by atoms with van der Waals surface area (Å²) < 4.78 is 10.5. The highest BCUT2D eigenvalue weighted by atomic mass is 16.5. The molecule has 0 saturated carbocycles. The van der Waals surface area contributed by atoms with Crippen LogP contribution in [-0.4, -0.2) is 49.8 Å². The summed E-state index contributed by atoms with van der Waals surface area (Å²) in [5.74, 6) is 1.18. The van der Waals surface area contributed by atoms with Crippen LogP contribution in [0.1, 0.15) is 24.8 Å². The Morgan fingerprint density at radius 1 is 1.11 bits per heavy atom. The number of carbonyl (C=O) groups excluding carboxylic acids is 1. The summed E-state index contributed by atoms with van der Waals surface area (Å²) in [5, 5.41) is 13.8. The van der Waals surface area contributed by atoms with Gasteiger partial charge in [0, 0.05) is 32.1 Å². The van der Waals surface area contributed by atoms with Crippen molar-refractivity contribution in [2.45, 2.75) is 24.9 Å². The van der Waals surface area contributed by atoms with Crippen LogP contribution < -0.4 is 14.8 Å². The second-order valence-electron chi connectivity index (χ2n) is 7.10. The number of nitrogens with zero attached hydrogens (tertiary/aromatic N) is 1. The van der Waals surface area contributed by atoms with Gasteiger partial charge in [0.15, 0.2) is 0 Å². The molecule has 1 saturated heterocycles. The first-order valence-corrected chi connectivity index (χ1v) is 9.56. The molecule has 2 aromatic carbocycles. The molecule has 1 aliphatic rings. The molecular weight excluding hydrogens is 356 g/mol. The van der Waals surface area contributed by atoms with Gasteiger partial charge >= 0.3 is 0 Å². The molecule has 6 nitrogen and oxygen atoms in total. The first-order chi connectivity index (χ1) is 13.5. The third-order valence-corrected chi connectivity index (χ3v) is 5.33. The molecule has 0 atom stereocenters. The smallest absolute Gasteiger partial charge is 0.225 e. The van der Waals surface area contributed by atoms with E-state index in [2.05, 4.69) is 10.2 Å². The van der Waals surface area contributed by atoms with E-state index in [0.29, 0.717) is 43.0 Å². The lowest BCUT2D eigenvalue weighted by Gasteiger charge is -2.38. The summed E-state index contributed by atoms with van der Waals surface area (Å²) in [6.45, 7) is 2.20. The van der Waals surface area contributed by atoms with Gasteiger partial charge in [-0.3, -0.25) is 4.79 Å². The zero-order chi connectivity index (χ0) is 20.0. The number of nitrogens with one attached hydrogen (secondary N) is 1. The van der Waals surface area contributed by atoms with Crippen LogP contribution in [0.3, 0.4) is 0 Å². The van der Waals surface area contributed by atoms with Crippen molar-refractivity contribution in [1.82, 2.24) is 4.90 Å². The molecule has 2 aromatic rings. The molecule has 2 N–H and O–H groups in total. The number of likely N-dealkylation sites (tertiary alicyclic amines) is 1. The monoisotopic (exact) mass is 384 g/mol. The number of piperidine rings is 1. The van der Waals surface area contributed by atoms with E-state index in [0.717, 1.165) is 18.7 Å².